The highest BCUT2D eigenvalue weighted by Crippen LogP contribution is 2.19. The molecule has 0 atom stereocenters. The molecule has 0 saturated heterocycles. The molecule has 0 aliphatic carbocycles. The van der Waals surface area contributed by atoms with Gasteiger partial charge in [-0.3, -0.25) is 4.79 Å². The normalized spacial score (nSPS) is 10.7. The number of rotatable bonds is 3. The number of amides is 1. The number of carbonyl (C=O) groups excluding carboxylic acids is 1. The zero-order valence-corrected chi connectivity index (χ0v) is 10.1. The van der Waals surface area contributed by atoms with Crippen LogP contribution in [0.15, 0.2) is 11.4 Å². The summed E-state index contributed by atoms with van der Waals surface area (Å²) in [5.41, 5.74) is 5.95. The molecule has 1 rings (SSSR count). The lowest BCUT2D eigenvalue weighted by atomic mass is 10.3. The minimum absolute atomic E-state index is 0.0733. The van der Waals surface area contributed by atoms with E-state index in [-0.39, 0.29) is 13.1 Å². The molecule has 1 heterocycles. The molecule has 7 heteroatoms. The van der Waals surface area contributed by atoms with Crippen LogP contribution in [0.5, 0.6) is 0 Å². The van der Waals surface area contributed by atoms with Gasteiger partial charge in [0.25, 0.3) is 0 Å². The molecule has 3 N–H and O–H groups in total. The van der Waals surface area contributed by atoms with Gasteiger partial charge < -0.3 is 11.1 Å². The van der Waals surface area contributed by atoms with Gasteiger partial charge in [0.2, 0.25) is 5.91 Å². The number of carbonyl (C=O) groups is 1. The third-order valence-electron chi connectivity index (χ3n) is 1.81. The van der Waals surface area contributed by atoms with Crippen LogP contribution < -0.4 is 11.1 Å². The van der Waals surface area contributed by atoms with E-state index in [0.29, 0.717) is 0 Å². The van der Waals surface area contributed by atoms with Crippen molar-refractivity contribution >= 4 is 17.2 Å². The van der Waals surface area contributed by atoms with E-state index < -0.39 is 18.5 Å². The summed E-state index contributed by atoms with van der Waals surface area (Å²) in [5, 5.41) is 3.96. The molecule has 0 saturated carbocycles. The van der Waals surface area contributed by atoms with Crippen LogP contribution >= 0.6 is 11.3 Å². The second-order valence-electron chi connectivity index (χ2n) is 3.38. The van der Waals surface area contributed by atoms with E-state index >= 15 is 0 Å². The molecule has 0 bridgehead atoms. The number of nitrogens with two attached hydrogens (primary N) is 1. The molecule has 0 aliphatic heterocycles. The monoisotopic (exact) mass is 276 g/mol. The Morgan fingerprint density at radius 1 is 1.50 bits per heavy atom. The van der Waals surface area contributed by atoms with E-state index in [9.17, 15) is 18.0 Å². The SMILES string of the molecule is NCC#Cc1csc(CNC(=O)CC(F)(F)F)c1. The summed E-state index contributed by atoms with van der Waals surface area (Å²) in [5.74, 6) is 4.42. The number of alkyl halides is 3. The summed E-state index contributed by atoms with van der Waals surface area (Å²) >= 11 is 1.32. The number of thiophene rings is 1. The molecule has 1 aromatic heterocycles. The largest absolute Gasteiger partial charge is 0.397 e. The number of hydrogen-bond acceptors (Lipinski definition) is 3. The smallest absolute Gasteiger partial charge is 0.351 e. The van der Waals surface area contributed by atoms with Crippen molar-refractivity contribution in [2.24, 2.45) is 5.73 Å². The average molecular weight is 276 g/mol. The Balaban J connectivity index is 2.44. The van der Waals surface area contributed by atoms with E-state index in [1.807, 2.05) is 0 Å². The van der Waals surface area contributed by atoms with Crippen molar-refractivity contribution < 1.29 is 18.0 Å². The summed E-state index contributed by atoms with van der Waals surface area (Å²) in [7, 11) is 0. The maximum Gasteiger partial charge on any atom is 0.397 e. The summed E-state index contributed by atoms with van der Waals surface area (Å²) in [4.78, 5) is 11.7. The van der Waals surface area contributed by atoms with E-state index in [1.54, 1.807) is 11.4 Å². The lowest BCUT2D eigenvalue weighted by Crippen LogP contribution is -2.27. The van der Waals surface area contributed by atoms with E-state index in [4.69, 9.17) is 5.73 Å². The lowest BCUT2D eigenvalue weighted by molar-refractivity contribution is -0.153. The van der Waals surface area contributed by atoms with Crippen LogP contribution in [0.3, 0.4) is 0 Å². The molecule has 98 valence electrons. The van der Waals surface area contributed by atoms with Gasteiger partial charge in [-0.25, -0.2) is 0 Å². The topological polar surface area (TPSA) is 55.1 Å². The van der Waals surface area contributed by atoms with Gasteiger partial charge in [-0.2, -0.15) is 13.2 Å². The average Bonchev–Trinajstić information content (AvgIpc) is 2.69. The van der Waals surface area contributed by atoms with E-state index in [0.717, 1.165) is 10.4 Å². The van der Waals surface area contributed by atoms with E-state index in [2.05, 4.69) is 17.2 Å². The Bertz CT molecular complexity index is 471. The first kappa shape index (κ1) is 14.5. The molecular weight excluding hydrogens is 265 g/mol. The number of halogens is 3. The molecule has 0 radical (unpaired) electrons. The Morgan fingerprint density at radius 2 is 2.22 bits per heavy atom. The van der Waals surface area contributed by atoms with Crippen LogP contribution in [0.2, 0.25) is 0 Å². The first-order chi connectivity index (χ1) is 8.40. The van der Waals surface area contributed by atoms with Crippen LogP contribution in [0.1, 0.15) is 16.9 Å². The van der Waals surface area contributed by atoms with Crippen molar-refractivity contribution in [1.29, 1.82) is 0 Å². The lowest BCUT2D eigenvalue weighted by Gasteiger charge is -2.06. The summed E-state index contributed by atoms with van der Waals surface area (Å²) in [6.45, 7) is 0.317. The van der Waals surface area contributed by atoms with Crippen LogP contribution in [0.25, 0.3) is 0 Å². The molecule has 3 nitrogen and oxygen atoms in total. The van der Waals surface area contributed by atoms with Crippen molar-refractivity contribution in [3.63, 3.8) is 0 Å². The van der Waals surface area contributed by atoms with Gasteiger partial charge in [0.1, 0.15) is 6.42 Å². The fourth-order valence-electron chi connectivity index (χ4n) is 1.12. The van der Waals surface area contributed by atoms with Gasteiger partial charge in [0.15, 0.2) is 0 Å². The Morgan fingerprint density at radius 3 is 2.83 bits per heavy atom. The third kappa shape index (κ3) is 5.70. The number of hydrogen-bond donors (Lipinski definition) is 2. The first-order valence-electron chi connectivity index (χ1n) is 5.00. The molecule has 0 fully saturated rings. The highest BCUT2D eigenvalue weighted by molar-refractivity contribution is 7.10. The fourth-order valence-corrected chi connectivity index (χ4v) is 1.88. The fraction of sp³-hybridized carbons (Fsp3) is 0.364. The number of nitrogens with one attached hydrogen (secondary N) is 1. The molecule has 0 unspecified atom stereocenters. The van der Waals surface area contributed by atoms with Crippen LogP contribution in [0.4, 0.5) is 13.2 Å². The van der Waals surface area contributed by atoms with Crippen molar-refractivity contribution in [2.75, 3.05) is 6.54 Å². The van der Waals surface area contributed by atoms with Crippen molar-refractivity contribution in [3.05, 3.63) is 21.9 Å². The van der Waals surface area contributed by atoms with Gasteiger partial charge >= 0.3 is 6.18 Å². The standard InChI is InChI=1S/C11H11F3N2OS/c12-11(13,14)5-10(17)16-6-9-4-8(7-18-9)2-1-3-15/h4,7H,3,5-6,15H2,(H,16,17). The summed E-state index contributed by atoms with van der Waals surface area (Å²) in [6, 6.07) is 1.71. The molecule has 1 aromatic rings. The Kier molecular flexibility index (Phi) is 5.19. The zero-order chi connectivity index (χ0) is 13.6. The van der Waals surface area contributed by atoms with Crippen molar-refractivity contribution in [3.8, 4) is 11.8 Å². The molecule has 1 amide bonds. The second-order valence-corrected chi connectivity index (χ2v) is 4.37. The summed E-state index contributed by atoms with van der Waals surface area (Å²) < 4.78 is 35.7. The molecule has 18 heavy (non-hydrogen) atoms. The molecule has 0 aliphatic rings. The van der Waals surface area contributed by atoms with Gasteiger partial charge in [-0.05, 0) is 6.07 Å². The predicted octanol–water partition coefficient (Wildman–Crippen LogP) is 1.63. The maximum absolute atomic E-state index is 11.9. The Labute approximate surface area is 106 Å². The molecular formula is C11H11F3N2OS. The zero-order valence-electron chi connectivity index (χ0n) is 9.30. The maximum atomic E-state index is 11.9. The van der Waals surface area contributed by atoms with Gasteiger partial charge in [-0.15, -0.1) is 11.3 Å². The van der Waals surface area contributed by atoms with E-state index in [1.165, 1.54) is 11.3 Å². The van der Waals surface area contributed by atoms with Crippen LogP contribution in [-0.4, -0.2) is 18.6 Å². The van der Waals surface area contributed by atoms with Crippen LogP contribution in [0, 0.1) is 11.8 Å². The minimum atomic E-state index is -4.47. The summed E-state index contributed by atoms with van der Waals surface area (Å²) in [6.07, 6.45) is -5.94. The van der Waals surface area contributed by atoms with Gasteiger partial charge in [0.05, 0.1) is 13.1 Å². The highest BCUT2D eigenvalue weighted by atomic mass is 32.1. The molecule has 0 spiro atoms. The molecule has 0 aromatic carbocycles. The second kappa shape index (κ2) is 6.42. The Hall–Kier alpha value is -1.52. The predicted molar refractivity (Wildman–Crippen MR) is 62.8 cm³/mol. The highest BCUT2D eigenvalue weighted by Gasteiger charge is 2.30. The quantitative estimate of drug-likeness (QED) is 0.824. The van der Waals surface area contributed by atoms with Crippen LogP contribution in [-0.2, 0) is 11.3 Å². The minimum Gasteiger partial charge on any atom is -0.351 e. The third-order valence-corrected chi connectivity index (χ3v) is 2.75. The first-order valence-corrected chi connectivity index (χ1v) is 5.88. The van der Waals surface area contributed by atoms with Gasteiger partial charge in [-0.1, -0.05) is 11.8 Å². The van der Waals surface area contributed by atoms with Crippen molar-refractivity contribution in [1.82, 2.24) is 5.32 Å². The van der Waals surface area contributed by atoms with Crippen molar-refractivity contribution in [2.45, 2.75) is 19.1 Å². The van der Waals surface area contributed by atoms with Gasteiger partial charge in [0, 0.05) is 15.8 Å².